The molecule has 0 spiro atoms. The Balaban J connectivity index is 1.81. The summed E-state index contributed by atoms with van der Waals surface area (Å²) in [6, 6.07) is 0. The summed E-state index contributed by atoms with van der Waals surface area (Å²) in [5.41, 5.74) is -0.281. The number of carbonyl (C=O) groups is 1. The van der Waals surface area contributed by atoms with E-state index < -0.39 is 0 Å². The zero-order valence-electron chi connectivity index (χ0n) is 12.4. The summed E-state index contributed by atoms with van der Waals surface area (Å²) in [5, 5.41) is 0. The number of aromatic nitrogens is 2. The number of rotatable bonds is 3. The molecule has 1 amide bonds. The Labute approximate surface area is 119 Å². The molecule has 0 radical (unpaired) electrons. The lowest BCUT2D eigenvalue weighted by Crippen LogP contribution is -2.50. The summed E-state index contributed by atoms with van der Waals surface area (Å²) >= 11 is 0. The fourth-order valence-corrected chi connectivity index (χ4v) is 2.01. The summed E-state index contributed by atoms with van der Waals surface area (Å²) < 4.78 is 5.53. The Morgan fingerprint density at radius 2 is 1.95 bits per heavy atom. The molecule has 0 N–H and O–H groups in total. The summed E-state index contributed by atoms with van der Waals surface area (Å²) in [7, 11) is 0. The minimum atomic E-state index is -0.281. The molecule has 0 atom stereocenters. The first-order valence-electron chi connectivity index (χ1n) is 6.88. The van der Waals surface area contributed by atoms with Crippen LogP contribution in [0.4, 0.5) is 5.82 Å². The van der Waals surface area contributed by atoms with E-state index in [1.54, 1.807) is 18.6 Å². The van der Waals surface area contributed by atoms with Gasteiger partial charge in [-0.05, 0) is 20.8 Å². The number of nitrogens with zero attached hydrogens (tertiary/aromatic N) is 4. The third-order valence-corrected chi connectivity index (χ3v) is 3.13. The van der Waals surface area contributed by atoms with Crippen molar-refractivity contribution in [2.75, 3.05) is 37.7 Å². The smallest absolute Gasteiger partial charge is 0.248 e. The van der Waals surface area contributed by atoms with Gasteiger partial charge in [0.25, 0.3) is 0 Å². The third-order valence-electron chi connectivity index (χ3n) is 3.13. The maximum atomic E-state index is 12.0. The molecule has 1 aromatic rings. The van der Waals surface area contributed by atoms with E-state index in [1.807, 2.05) is 25.7 Å². The first kappa shape index (κ1) is 14.7. The average molecular weight is 278 g/mol. The molecule has 110 valence electrons. The van der Waals surface area contributed by atoms with Crippen LogP contribution >= 0.6 is 0 Å². The van der Waals surface area contributed by atoms with Crippen molar-refractivity contribution >= 4 is 11.7 Å². The van der Waals surface area contributed by atoms with Gasteiger partial charge >= 0.3 is 0 Å². The number of anilines is 1. The average Bonchev–Trinajstić information content (AvgIpc) is 2.45. The highest BCUT2D eigenvalue weighted by molar-refractivity contribution is 5.77. The molecule has 1 aliphatic heterocycles. The van der Waals surface area contributed by atoms with E-state index >= 15 is 0 Å². The van der Waals surface area contributed by atoms with Gasteiger partial charge in [0.05, 0.1) is 11.8 Å². The standard InChI is InChI=1S/C14H22N4O2/c1-14(2,3)20-11-13(19)18-8-6-17(7-9-18)12-10-15-4-5-16-12/h4-5,10H,6-9,11H2,1-3H3. The van der Waals surface area contributed by atoms with Crippen molar-refractivity contribution in [3.8, 4) is 0 Å². The van der Waals surface area contributed by atoms with Crippen LogP contribution in [0, 0.1) is 0 Å². The monoisotopic (exact) mass is 278 g/mol. The molecular formula is C14H22N4O2. The number of amides is 1. The molecule has 2 rings (SSSR count). The normalized spacial score (nSPS) is 16.4. The van der Waals surface area contributed by atoms with Gasteiger partial charge in [-0.2, -0.15) is 0 Å². The molecule has 1 saturated heterocycles. The van der Waals surface area contributed by atoms with E-state index in [0.29, 0.717) is 13.1 Å². The van der Waals surface area contributed by atoms with Crippen molar-refractivity contribution in [3.05, 3.63) is 18.6 Å². The van der Waals surface area contributed by atoms with Crippen LogP contribution in [0.25, 0.3) is 0 Å². The van der Waals surface area contributed by atoms with Crippen molar-refractivity contribution in [2.24, 2.45) is 0 Å². The zero-order chi connectivity index (χ0) is 14.6. The van der Waals surface area contributed by atoms with Crippen LogP contribution in [0.3, 0.4) is 0 Å². The number of hydrogen-bond acceptors (Lipinski definition) is 5. The minimum absolute atomic E-state index is 0.0544. The van der Waals surface area contributed by atoms with E-state index in [-0.39, 0.29) is 18.1 Å². The van der Waals surface area contributed by atoms with Crippen molar-refractivity contribution in [1.82, 2.24) is 14.9 Å². The van der Waals surface area contributed by atoms with Gasteiger partial charge in [0.2, 0.25) is 5.91 Å². The Bertz CT molecular complexity index is 436. The van der Waals surface area contributed by atoms with Gasteiger partial charge in [0, 0.05) is 38.6 Å². The van der Waals surface area contributed by atoms with E-state index in [1.165, 1.54) is 0 Å². The van der Waals surface area contributed by atoms with E-state index in [2.05, 4.69) is 14.9 Å². The second kappa shape index (κ2) is 6.17. The molecule has 0 aliphatic carbocycles. The van der Waals surface area contributed by atoms with E-state index in [9.17, 15) is 4.79 Å². The Hall–Kier alpha value is -1.69. The maximum Gasteiger partial charge on any atom is 0.248 e. The van der Waals surface area contributed by atoms with Gasteiger partial charge < -0.3 is 14.5 Å². The lowest BCUT2D eigenvalue weighted by molar-refractivity contribution is -0.141. The van der Waals surface area contributed by atoms with Crippen LogP contribution in [0.1, 0.15) is 20.8 Å². The summed E-state index contributed by atoms with van der Waals surface area (Å²) in [6.45, 7) is 8.95. The second-order valence-electron chi connectivity index (χ2n) is 5.83. The number of ether oxygens (including phenoxy) is 1. The number of carbonyl (C=O) groups excluding carboxylic acids is 1. The quantitative estimate of drug-likeness (QED) is 0.823. The van der Waals surface area contributed by atoms with Crippen molar-refractivity contribution in [3.63, 3.8) is 0 Å². The highest BCUT2D eigenvalue weighted by atomic mass is 16.5. The largest absolute Gasteiger partial charge is 0.366 e. The van der Waals surface area contributed by atoms with Crippen molar-refractivity contribution < 1.29 is 9.53 Å². The molecule has 6 heteroatoms. The van der Waals surface area contributed by atoms with E-state index in [4.69, 9.17) is 4.74 Å². The topological polar surface area (TPSA) is 58.6 Å². The van der Waals surface area contributed by atoms with Crippen LogP contribution in [0.15, 0.2) is 18.6 Å². The third kappa shape index (κ3) is 4.16. The highest BCUT2D eigenvalue weighted by Gasteiger charge is 2.23. The second-order valence-corrected chi connectivity index (χ2v) is 5.83. The van der Waals surface area contributed by atoms with Gasteiger partial charge in [0.15, 0.2) is 0 Å². The lowest BCUT2D eigenvalue weighted by Gasteiger charge is -2.35. The lowest BCUT2D eigenvalue weighted by atomic mass is 10.2. The molecular weight excluding hydrogens is 256 g/mol. The van der Waals surface area contributed by atoms with Gasteiger partial charge in [-0.15, -0.1) is 0 Å². The molecule has 0 saturated carbocycles. The van der Waals surface area contributed by atoms with Gasteiger partial charge in [-0.3, -0.25) is 9.78 Å². The zero-order valence-corrected chi connectivity index (χ0v) is 12.4. The molecule has 1 aliphatic rings. The fourth-order valence-electron chi connectivity index (χ4n) is 2.01. The predicted octanol–water partition coefficient (Wildman–Crippen LogP) is 0.940. The molecule has 6 nitrogen and oxygen atoms in total. The molecule has 0 aromatic carbocycles. The van der Waals surface area contributed by atoms with Gasteiger partial charge in [-0.25, -0.2) is 4.98 Å². The van der Waals surface area contributed by atoms with Crippen molar-refractivity contribution in [2.45, 2.75) is 26.4 Å². The SMILES string of the molecule is CC(C)(C)OCC(=O)N1CCN(c2cnccn2)CC1. The van der Waals surface area contributed by atoms with Crippen molar-refractivity contribution in [1.29, 1.82) is 0 Å². The van der Waals surface area contributed by atoms with Crippen LogP contribution in [0.5, 0.6) is 0 Å². The Morgan fingerprint density at radius 3 is 2.50 bits per heavy atom. The van der Waals surface area contributed by atoms with Crippen LogP contribution in [-0.4, -0.2) is 59.2 Å². The molecule has 0 unspecified atom stereocenters. The Kier molecular flexibility index (Phi) is 4.54. The molecule has 20 heavy (non-hydrogen) atoms. The summed E-state index contributed by atoms with van der Waals surface area (Å²) in [4.78, 5) is 24.4. The minimum Gasteiger partial charge on any atom is -0.366 e. The number of piperazine rings is 1. The highest BCUT2D eigenvalue weighted by Crippen LogP contribution is 2.12. The summed E-state index contributed by atoms with van der Waals surface area (Å²) in [5.74, 6) is 0.921. The summed E-state index contributed by atoms with van der Waals surface area (Å²) in [6.07, 6.45) is 5.09. The van der Waals surface area contributed by atoms with Crippen LogP contribution in [-0.2, 0) is 9.53 Å². The van der Waals surface area contributed by atoms with Crippen LogP contribution in [0.2, 0.25) is 0 Å². The number of hydrogen-bond donors (Lipinski definition) is 0. The van der Waals surface area contributed by atoms with Crippen LogP contribution < -0.4 is 4.90 Å². The van der Waals surface area contributed by atoms with Gasteiger partial charge in [-0.1, -0.05) is 0 Å². The maximum absolute atomic E-state index is 12.0. The molecule has 2 heterocycles. The van der Waals surface area contributed by atoms with Gasteiger partial charge in [0.1, 0.15) is 12.4 Å². The first-order chi connectivity index (χ1) is 9.46. The fraction of sp³-hybridized carbons (Fsp3) is 0.643. The molecule has 1 aromatic heterocycles. The first-order valence-corrected chi connectivity index (χ1v) is 6.88. The predicted molar refractivity (Wildman–Crippen MR) is 76.5 cm³/mol. The molecule has 1 fully saturated rings. The molecule has 0 bridgehead atoms. The Morgan fingerprint density at radius 1 is 1.25 bits per heavy atom. The van der Waals surface area contributed by atoms with E-state index in [0.717, 1.165) is 18.9 Å².